The molecular formula is C15H12FFeN-6. The van der Waals surface area contributed by atoms with Crippen molar-refractivity contribution in [2.75, 3.05) is 0 Å². The van der Waals surface area contributed by atoms with Crippen LogP contribution in [0.25, 0.3) is 11.3 Å². The van der Waals surface area contributed by atoms with Crippen LogP contribution in [0.2, 0.25) is 0 Å². The molecule has 1 aromatic heterocycles. The first kappa shape index (κ1) is 14.4. The zero-order valence-corrected chi connectivity index (χ0v) is 10.7. The van der Waals surface area contributed by atoms with Gasteiger partial charge in [0.25, 0.3) is 0 Å². The van der Waals surface area contributed by atoms with Crippen LogP contribution in [0.15, 0.2) is 72.9 Å². The summed E-state index contributed by atoms with van der Waals surface area (Å²) in [6.07, 6.45) is 1.47. The summed E-state index contributed by atoms with van der Waals surface area (Å²) in [5.41, 5.74) is 1.63. The second kappa shape index (κ2) is 7.59. The Balaban J connectivity index is 0.000000230. The number of rotatable bonds is 1. The molecule has 3 heteroatoms. The molecule has 0 aliphatic heterocycles. The summed E-state index contributed by atoms with van der Waals surface area (Å²) >= 11 is 0. The summed E-state index contributed by atoms with van der Waals surface area (Å²) in [5.74, 6) is -0.249. The minimum Gasteiger partial charge on any atom is -0.748 e. The van der Waals surface area contributed by atoms with Crippen molar-refractivity contribution in [1.29, 1.82) is 0 Å². The van der Waals surface area contributed by atoms with Gasteiger partial charge in [0.1, 0.15) is 0 Å². The van der Waals surface area contributed by atoms with Crippen LogP contribution in [0.4, 0.5) is 4.39 Å². The van der Waals surface area contributed by atoms with E-state index in [4.69, 9.17) is 0 Å². The van der Waals surface area contributed by atoms with E-state index in [2.05, 4.69) is 4.98 Å². The largest absolute Gasteiger partial charge is 0.748 e. The maximum atomic E-state index is 12.7. The van der Waals surface area contributed by atoms with E-state index in [1.165, 1.54) is 18.3 Å². The van der Waals surface area contributed by atoms with Gasteiger partial charge in [-0.1, -0.05) is 11.6 Å². The second-order valence-electron chi connectivity index (χ2n) is 3.50. The average molecular weight is 281 g/mol. The fraction of sp³-hybridized carbons (Fsp3) is 0. The molecular weight excluding hydrogens is 269 g/mol. The van der Waals surface area contributed by atoms with Crippen molar-refractivity contribution in [3.63, 3.8) is 0 Å². The number of nitrogens with zero attached hydrogens (tertiary/aromatic N) is 1. The summed E-state index contributed by atoms with van der Waals surface area (Å²) < 4.78 is 12.7. The van der Waals surface area contributed by atoms with Crippen LogP contribution < -0.4 is 0 Å². The Kier molecular flexibility index (Phi) is 6.06. The van der Waals surface area contributed by atoms with Gasteiger partial charge in [-0.2, -0.15) is 12.1 Å². The van der Waals surface area contributed by atoms with Gasteiger partial charge in [-0.25, -0.2) is 4.39 Å². The average Bonchev–Trinajstić information content (AvgIpc) is 3.06. The van der Waals surface area contributed by atoms with E-state index in [1.807, 2.05) is 54.6 Å². The molecule has 3 aromatic rings. The number of aromatic nitrogens is 1. The zero-order valence-electron chi connectivity index (χ0n) is 9.61. The van der Waals surface area contributed by atoms with E-state index in [0.29, 0.717) is 5.69 Å². The predicted molar refractivity (Wildman–Crippen MR) is 67.3 cm³/mol. The molecule has 0 aliphatic carbocycles. The van der Waals surface area contributed by atoms with E-state index in [9.17, 15) is 4.39 Å². The Labute approximate surface area is 117 Å². The minimum atomic E-state index is -0.249. The van der Waals surface area contributed by atoms with E-state index >= 15 is 0 Å². The van der Waals surface area contributed by atoms with Gasteiger partial charge in [-0.05, 0) is 11.8 Å². The maximum Gasteiger partial charge on any atom is 0.0861 e. The van der Waals surface area contributed by atoms with Crippen molar-refractivity contribution < 1.29 is 21.5 Å². The van der Waals surface area contributed by atoms with Gasteiger partial charge in [-0.3, -0.25) is 4.98 Å². The van der Waals surface area contributed by atoms with Crippen LogP contribution in [-0.2, 0) is 17.1 Å². The van der Waals surface area contributed by atoms with E-state index < -0.39 is 0 Å². The first-order chi connectivity index (χ1) is 8.36. The molecule has 0 fully saturated rings. The molecule has 0 N–H and O–H groups in total. The molecule has 18 heavy (non-hydrogen) atoms. The van der Waals surface area contributed by atoms with Crippen molar-refractivity contribution >= 4 is 0 Å². The van der Waals surface area contributed by atoms with Crippen molar-refractivity contribution in [2.45, 2.75) is 0 Å². The molecule has 0 unspecified atom stereocenters. The molecule has 1 nitrogen and oxygen atoms in total. The Morgan fingerprint density at radius 3 is 2.06 bits per heavy atom. The Morgan fingerprint density at radius 2 is 1.56 bits per heavy atom. The van der Waals surface area contributed by atoms with Crippen molar-refractivity contribution in [3.8, 4) is 11.3 Å². The smallest absolute Gasteiger partial charge is 0.0861 e. The molecule has 0 saturated carbocycles. The normalized spacial score (nSPS) is 8.94. The Morgan fingerprint density at radius 1 is 1.00 bits per heavy atom. The Bertz CT molecular complexity index is 512. The summed E-state index contributed by atoms with van der Waals surface area (Å²) in [5, 5.41) is 0. The number of hydrogen-bond donors (Lipinski definition) is 0. The monoisotopic (exact) mass is 281 g/mol. The molecule has 1 heterocycles. The van der Waals surface area contributed by atoms with Crippen LogP contribution in [0, 0.1) is 5.82 Å². The van der Waals surface area contributed by atoms with Crippen LogP contribution >= 0.6 is 0 Å². The predicted octanol–water partition coefficient (Wildman–Crippen LogP) is 4.01. The summed E-state index contributed by atoms with van der Waals surface area (Å²) in [7, 11) is 0. The standard InChI is InChI=1S/C10H7FN.C5H5.Fe/c11-9-5-6-12-10(7-9)8-3-1-2-4-8;1-2-4-5-3-1;/h1-7H;1-5H;/q-1;-5;. The molecule has 98 valence electrons. The summed E-state index contributed by atoms with van der Waals surface area (Å²) in [6.45, 7) is 0. The fourth-order valence-corrected chi connectivity index (χ4v) is 1.43. The first-order valence-electron chi connectivity index (χ1n) is 5.36. The molecule has 0 amide bonds. The topological polar surface area (TPSA) is 12.9 Å². The first-order valence-corrected chi connectivity index (χ1v) is 5.36. The number of halogens is 1. The molecule has 2 aromatic carbocycles. The fourth-order valence-electron chi connectivity index (χ4n) is 1.43. The molecule has 0 saturated heterocycles. The SMILES string of the molecule is Fc1ccnc(-[c-]2cccc2)c1.[Fe].[cH-]1[cH-][cH-][cH-][cH-]1. The van der Waals surface area contributed by atoms with E-state index in [0.717, 1.165) is 5.56 Å². The van der Waals surface area contributed by atoms with Gasteiger partial charge < -0.3 is 30.3 Å². The Hall–Kier alpha value is -1.70. The van der Waals surface area contributed by atoms with E-state index in [1.54, 1.807) is 0 Å². The molecule has 3 rings (SSSR count). The third kappa shape index (κ3) is 4.28. The molecule has 0 spiro atoms. The molecule has 0 radical (unpaired) electrons. The van der Waals surface area contributed by atoms with Crippen LogP contribution in [0.3, 0.4) is 0 Å². The number of hydrogen-bond acceptors (Lipinski definition) is 1. The van der Waals surface area contributed by atoms with Gasteiger partial charge in [0.15, 0.2) is 0 Å². The molecule has 0 aliphatic rings. The van der Waals surface area contributed by atoms with Gasteiger partial charge >= 0.3 is 0 Å². The van der Waals surface area contributed by atoms with Crippen molar-refractivity contribution in [2.24, 2.45) is 0 Å². The molecule has 0 bridgehead atoms. The summed E-state index contributed by atoms with van der Waals surface area (Å²) in [4.78, 5) is 4.04. The van der Waals surface area contributed by atoms with Crippen LogP contribution in [0.1, 0.15) is 0 Å². The number of pyridine rings is 1. The second-order valence-corrected chi connectivity index (χ2v) is 3.50. The van der Waals surface area contributed by atoms with Gasteiger partial charge in [0, 0.05) is 23.3 Å². The van der Waals surface area contributed by atoms with Gasteiger partial charge in [-0.15, -0.1) is 12.1 Å². The third-order valence-corrected chi connectivity index (χ3v) is 2.24. The third-order valence-electron chi connectivity index (χ3n) is 2.24. The van der Waals surface area contributed by atoms with E-state index in [-0.39, 0.29) is 22.9 Å². The molecule has 0 atom stereocenters. The zero-order chi connectivity index (χ0) is 11.9. The van der Waals surface area contributed by atoms with Crippen LogP contribution in [-0.4, -0.2) is 4.98 Å². The van der Waals surface area contributed by atoms with Crippen molar-refractivity contribution in [3.05, 3.63) is 78.7 Å². The quantitative estimate of drug-likeness (QED) is 0.485. The minimum absolute atomic E-state index is 0. The summed E-state index contributed by atoms with van der Waals surface area (Å²) in [6, 6.07) is 20.4. The van der Waals surface area contributed by atoms with Gasteiger partial charge in [0.05, 0.1) is 5.82 Å². The maximum absolute atomic E-state index is 12.7. The van der Waals surface area contributed by atoms with Gasteiger partial charge in [0.2, 0.25) is 0 Å². The van der Waals surface area contributed by atoms with Crippen molar-refractivity contribution in [1.82, 2.24) is 4.98 Å². The van der Waals surface area contributed by atoms with Crippen LogP contribution in [0.5, 0.6) is 0 Å².